The van der Waals surface area contributed by atoms with Gasteiger partial charge in [-0.3, -0.25) is 9.59 Å². The number of carbonyl (C=O) groups excluding carboxylic acids is 2. The summed E-state index contributed by atoms with van der Waals surface area (Å²) in [5.74, 6) is -0.861. The Morgan fingerprint density at radius 3 is 2.56 bits per heavy atom. The molecule has 2 aromatic carbocycles. The van der Waals surface area contributed by atoms with Gasteiger partial charge in [0.1, 0.15) is 0 Å². The molecule has 16 heavy (non-hydrogen) atoms. The number of hydrogen-bond donors (Lipinski definition) is 0. The second kappa shape index (κ2) is 2.92. The van der Waals surface area contributed by atoms with Crippen LogP contribution < -0.4 is 4.90 Å². The molecule has 3 nitrogen and oxygen atoms in total. The highest BCUT2D eigenvalue weighted by atomic mass is 16.2. The third-order valence-corrected chi connectivity index (χ3v) is 2.99. The highest BCUT2D eigenvalue weighted by molar-refractivity contribution is 6.54. The van der Waals surface area contributed by atoms with Crippen LogP contribution in [0.15, 0.2) is 36.4 Å². The Labute approximate surface area is 92.3 Å². The van der Waals surface area contributed by atoms with Crippen LogP contribution in [0.1, 0.15) is 10.4 Å². The number of likely N-dealkylation sites (N-methyl/N-ethyl adjacent to an activating group) is 1. The highest BCUT2D eigenvalue weighted by Crippen LogP contribution is 2.33. The molecule has 0 spiro atoms. The molecule has 1 amide bonds. The van der Waals surface area contributed by atoms with Crippen LogP contribution in [0.3, 0.4) is 0 Å². The standard InChI is InChI=1S/C13H9NO2/c1-14-10-7-6-8-4-2-3-5-9(8)11(10)12(15)13(14)16/h2-7H,1H3. The Kier molecular flexibility index (Phi) is 1.66. The summed E-state index contributed by atoms with van der Waals surface area (Å²) in [5.41, 5.74) is 1.24. The van der Waals surface area contributed by atoms with Crippen LogP contribution in [0.2, 0.25) is 0 Å². The van der Waals surface area contributed by atoms with E-state index in [2.05, 4.69) is 0 Å². The van der Waals surface area contributed by atoms with Gasteiger partial charge >= 0.3 is 0 Å². The Morgan fingerprint density at radius 2 is 1.75 bits per heavy atom. The summed E-state index contributed by atoms with van der Waals surface area (Å²) in [7, 11) is 1.63. The van der Waals surface area contributed by atoms with Gasteiger partial charge in [0.15, 0.2) is 0 Å². The van der Waals surface area contributed by atoms with Gasteiger partial charge in [-0.1, -0.05) is 30.3 Å². The van der Waals surface area contributed by atoms with E-state index in [9.17, 15) is 9.59 Å². The maximum Gasteiger partial charge on any atom is 0.299 e. The molecular formula is C13H9NO2. The number of Topliss-reactive ketones (excluding diaryl/α,β-unsaturated/α-hetero) is 1. The van der Waals surface area contributed by atoms with Crippen LogP contribution in [-0.4, -0.2) is 18.7 Å². The fourth-order valence-corrected chi connectivity index (χ4v) is 2.15. The van der Waals surface area contributed by atoms with Crippen molar-refractivity contribution < 1.29 is 9.59 Å². The molecule has 0 radical (unpaired) electrons. The fourth-order valence-electron chi connectivity index (χ4n) is 2.15. The zero-order valence-electron chi connectivity index (χ0n) is 8.73. The third-order valence-electron chi connectivity index (χ3n) is 2.99. The lowest BCUT2D eigenvalue weighted by atomic mass is 10.0. The molecule has 0 bridgehead atoms. The number of ketones is 1. The molecule has 0 saturated heterocycles. The van der Waals surface area contributed by atoms with Crippen LogP contribution in [0, 0.1) is 0 Å². The zero-order valence-corrected chi connectivity index (χ0v) is 8.73. The van der Waals surface area contributed by atoms with Crippen molar-refractivity contribution in [3.05, 3.63) is 42.0 Å². The Balaban J connectivity index is 2.46. The highest BCUT2D eigenvalue weighted by Gasteiger charge is 2.34. The van der Waals surface area contributed by atoms with E-state index < -0.39 is 11.7 Å². The second-order valence-electron chi connectivity index (χ2n) is 3.87. The second-order valence-corrected chi connectivity index (χ2v) is 3.87. The number of fused-ring (bicyclic) bond motifs is 3. The van der Waals surface area contributed by atoms with E-state index in [-0.39, 0.29) is 0 Å². The topological polar surface area (TPSA) is 37.4 Å². The number of anilines is 1. The van der Waals surface area contributed by atoms with Gasteiger partial charge in [0.2, 0.25) is 0 Å². The summed E-state index contributed by atoms with van der Waals surface area (Å²) in [4.78, 5) is 24.8. The van der Waals surface area contributed by atoms with Crippen LogP contribution >= 0.6 is 0 Å². The van der Waals surface area contributed by atoms with Crippen molar-refractivity contribution in [1.29, 1.82) is 0 Å². The van der Waals surface area contributed by atoms with Gasteiger partial charge in [-0.05, 0) is 16.8 Å². The lowest BCUT2D eigenvalue weighted by Gasteiger charge is -2.09. The molecule has 78 valence electrons. The molecule has 1 aliphatic heterocycles. The SMILES string of the molecule is CN1C(=O)C(=O)c2c1ccc1ccccc21. The molecule has 3 heteroatoms. The van der Waals surface area contributed by atoms with E-state index in [0.717, 1.165) is 10.8 Å². The number of nitrogens with zero attached hydrogens (tertiary/aromatic N) is 1. The largest absolute Gasteiger partial charge is 0.308 e. The summed E-state index contributed by atoms with van der Waals surface area (Å²) in [6.07, 6.45) is 0. The predicted octanol–water partition coefficient (Wildman–Crippen LogP) is 2.00. The van der Waals surface area contributed by atoms with Crippen LogP contribution in [0.5, 0.6) is 0 Å². The Morgan fingerprint density at radius 1 is 1.00 bits per heavy atom. The average Bonchev–Trinajstić information content (AvgIpc) is 2.55. The maximum atomic E-state index is 11.8. The number of benzene rings is 2. The molecule has 0 N–H and O–H groups in total. The number of amides is 1. The van der Waals surface area contributed by atoms with Crippen molar-refractivity contribution in [3.8, 4) is 0 Å². The van der Waals surface area contributed by atoms with Crippen molar-refractivity contribution in [2.24, 2.45) is 0 Å². The lowest BCUT2D eigenvalue weighted by molar-refractivity contribution is -0.114. The number of rotatable bonds is 0. The van der Waals surface area contributed by atoms with Gasteiger partial charge in [0, 0.05) is 7.05 Å². The van der Waals surface area contributed by atoms with Gasteiger partial charge in [-0.2, -0.15) is 0 Å². The third kappa shape index (κ3) is 0.972. The van der Waals surface area contributed by atoms with Crippen molar-refractivity contribution in [2.45, 2.75) is 0 Å². The quantitative estimate of drug-likeness (QED) is 0.625. The molecule has 2 aromatic rings. The van der Waals surface area contributed by atoms with Gasteiger partial charge in [0.25, 0.3) is 11.7 Å². The zero-order chi connectivity index (χ0) is 11.3. The van der Waals surface area contributed by atoms with Crippen molar-refractivity contribution in [3.63, 3.8) is 0 Å². The normalized spacial score (nSPS) is 14.7. The van der Waals surface area contributed by atoms with Crippen molar-refractivity contribution in [2.75, 3.05) is 11.9 Å². The molecule has 0 unspecified atom stereocenters. The predicted molar refractivity (Wildman–Crippen MR) is 61.7 cm³/mol. The van der Waals surface area contributed by atoms with Crippen LogP contribution in [0.25, 0.3) is 10.8 Å². The first-order chi connectivity index (χ1) is 7.70. The number of carbonyl (C=O) groups is 2. The molecule has 0 aliphatic carbocycles. The lowest BCUT2D eigenvalue weighted by Crippen LogP contribution is -2.24. The first-order valence-electron chi connectivity index (χ1n) is 5.04. The minimum atomic E-state index is -0.452. The molecular weight excluding hydrogens is 202 g/mol. The fraction of sp³-hybridized carbons (Fsp3) is 0.0769. The minimum Gasteiger partial charge on any atom is -0.308 e. The Bertz CT molecular complexity index is 631. The van der Waals surface area contributed by atoms with Crippen molar-refractivity contribution in [1.82, 2.24) is 0 Å². The molecule has 3 rings (SSSR count). The summed E-state index contributed by atoms with van der Waals surface area (Å²) in [6, 6.07) is 11.3. The van der Waals surface area contributed by atoms with E-state index in [1.165, 1.54) is 4.90 Å². The van der Waals surface area contributed by atoms with Crippen LogP contribution in [-0.2, 0) is 4.79 Å². The summed E-state index contributed by atoms with van der Waals surface area (Å²) in [6.45, 7) is 0. The summed E-state index contributed by atoms with van der Waals surface area (Å²) in [5, 5.41) is 1.83. The van der Waals surface area contributed by atoms with E-state index in [4.69, 9.17) is 0 Å². The first-order valence-corrected chi connectivity index (χ1v) is 5.04. The maximum absolute atomic E-state index is 11.8. The monoisotopic (exact) mass is 211 g/mol. The van der Waals surface area contributed by atoms with E-state index >= 15 is 0 Å². The van der Waals surface area contributed by atoms with E-state index in [0.29, 0.717) is 11.3 Å². The summed E-state index contributed by atoms with van der Waals surface area (Å²) < 4.78 is 0. The molecule has 1 aliphatic rings. The van der Waals surface area contributed by atoms with Gasteiger partial charge in [-0.15, -0.1) is 0 Å². The van der Waals surface area contributed by atoms with Gasteiger partial charge < -0.3 is 4.90 Å². The molecule has 0 aromatic heterocycles. The molecule has 1 heterocycles. The first kappa shape index (κ1) is 9.09. The van der Waals surface area contributed by atoms with Crippen molar-refractivity contribution >= 4 is 28.2 Å². The Hall–Kier alpha value is -2.16. The van der Waals surface area contributed by atoms with Gasteiger partial charge in [0.05, 0.1) is 11.3 Å². The smallest absolute Gasteiger partial charge is 0.299 e. The molecule has 0 atom stereocenters. The van der Waals surface area contributed by atoms with Gasteiger partial charge in [-0.25, -0.2) is 0 Å². The molecule has 0 fully saturated rings. The number of hydrogen-bond acceptors (Lipinski definition) is 2. The summed E-state index contributed by atoms with van der Waals surface area (Å²) >= 11 is 0. The average molecular weight is 211 g/mol. The van der Waals surface area contributed by atoms with E-state index in [1.54, 1.807) is 7.05 Å². The minimum absolute atomic E-state index is 0.408. The van der Waals surface area contributed by atoms with E-state index in [1.807, 2.05) is 36.4 Å². The van der Waals surface area contributed by atoms with Crippen LogP contribution in [0.4, 0.5) is 5.69 Å². The molecule has 0 saturated carbocycles.